The van der Waals surface area contributed by atoms with Gasteiger partial charge in [-0.3, -0.25) is 9.59 Å². The monoisotopic (exact) mass is 470 g/mol. The average molecular weight is 471 g/mol. The van der Waals surface area contributed by atoms with E-state index in [1.807, 2.05) is 30.3 Å². The van der Waals surface area contributed by atoms with E-state index in [-0.39, 0.29) is 36.0 Å². The number of amides is 1. The molecule has 2 N–H and O–H groups in total. The molecule has 0 unspecified atom stereocenters. The number of Topliss-reactive ketones (excluding diaryl/α,β-unsaturated/α-hetero) is 1. The fraction of sp³-hybridized carbons (Fsp3) is 0.167. The summed E-state index contributed by atoms with van der Waals surface area (Å²) in [6.07, 6.45) is 0.663. The number of ketones is 1. The SMILES string of the molecule is O=C(CCC(=O)c1ccc(Cl)cc1)Nc1ccc(S(=O)(=O)NCCc2ccccc2)cc1. The van der Waals surface area contributed by atoms with Gasteiger partial charge in [0.15, 0.2) is 5.78 Å². The summed E-state index contributed by atoms with van der Waals surface area (Å²) in [5.74, 6) is -0.483. The van der Waals surface area contributed by atoms with Crippen LogP contribution in [0.15, 0.2) is 83.8 Å². The van der Waals surface area contributed by atoms with Crippen LogP contribution in [-0.4, -0.2) is 26.7 Å². The van der Waals surface area contributed by atoms with Crippen LogP contribution < -0.4 is 10.0 Å². The van der Waals surface area contributed by atoms with Gasteiger partial charge in [0.2, 0.25) is 15.9 Å². The predicted molar refractivity (Wildman–Crippen MR) is 125 cm³/mol. The van der Waals surface area contributed by atoms with Crippen LogP contribution in [0, 0.1) is 0 Å². The second kappa shape index (κ2) is 11.0. The molecule has 0 bridgehead atoms. The molecule has 166 valence electrons. The largest absolute Gasteiger partial charge is 0.326 e. The maximum Gasteiger partial charge on any atom is 0.240 e. The molecule has 0 atom stereocenters. The van der Waals surface area contributed by atoms with Crippen molar-refractivity contribution in [2.75, 3.05) is 11.9 Å². The molecule has 32 heavy (non-hydrogen) atoms. The predicted octanol–water partition coefficient (Wildman–Crippen LogP) is 4.46. The van der Waals surface area contributed by atoms with E-state index in [2.05, 4.69) is 10.0 Å². The van der Waals surface area contributed by atoms with Gasteiger partial charge in [0.1, 0.15) is 0 Å². The molecule has 0 aliphatic carbocycles. The number of sulfonamides is 1. The summed E-state index contributed by atoms with van der Waals surface area (Å²) < 4.78 is 27.5. The Labute approximate surface area is 192 Å². The Morgan fingerprint density at radius 2 is 1.47 bits per heavy atom. The highest BCUT2D eigenvalue weighted by Gasteiger charge is 2.14. The zero-order valence-corrected chi connectivity index (χ0v) is 18.8. The zero-order chi connectivity index (χ0) is 23.0. The molecule has 3 aromatic rings. The van der Waals surface area contributed by atoms with E-state index in [0.717, 1.165) is 5.56 Å². The first kappa shape index (κ1) is 23.7. The lowest BCUT2D eigenvalue weighted by Gasteiger charge is -2.09. The van der Waals surface area contributed by atoms with Crippen LogP contribution in [0.5, 0.6) is 0 Å². The highest BCUT2D eigenvalue weighted by Crippen LogP contribution is 2.16. The van der Waals surface area contributed by atoms with Gasteiger partial charge in [-0.15, -0.1) is 0 Å². The Morgan fingerprint density at radius 1 is 0.812 bits per heavy atom. The number of carbonyl (C=O) groups is 2. The van der Waals surface area contributed by atoms with E-state index >= 15 is 0 Å². The van der Waals surface area contributed by atoms with E-state index in [0.29, 0.717) is 22.7 Å². The summed E-state index contributed by atoms with van der Waals surface area (Å²) in [6.45, 7) is 0.284. The van der Waals surface area contributed by atoms with Gasteiger partial charge in [0.05, 0.1) is 4.90 Å². The fourth-order valence-electron chi connectivity index (χ4n) is 3.01. The van der Waals surface area contributed by atoms with Crippen molar-refractivity contribution in [3.8, 4) is 0 Å². The van der Waals surface area contributed by atoms with Crippen molar-refractivity contribution in [3.63, 3.8) is 0 Å². The molecule has 0 spiro atoms. The number of halogens is 1. The lowest BCUT2D eigenvalue weighted by molar-refractivity contribution is -0.116. The Balaban J connectivity index is 1.48. The molecule has 0 saturated heterocycles. The lowest BCUT2D eigenvalue weighted by atomic mass is 10.1. The number of hydrogen-bond donors (Lipinski definition) is 2. The molecular weight excluding hydrogens is 448 g/mol. The van der Waals surface area contributed by atoms with Gasteiger partial charge in [0, 0.05) is 35.7 Å². The number of nitrogens with one attached hydrogen (secondary N) is 2. The van der Waals surface area contributed by atoms with E-state index in [1.54, 1.807) is 24.3 Å². The minimum absolute atomic E-state index is 0.0164. The second-order valence-corrected chi connectivity index (χ2v) is 9.34. The van der Waals surface area contributed by atoms with Crippen LogP contribution in [0.3, 0.4) is 0 Å². The van der Waals surface area contributed by atoms with Crippen molar-refractivity contribution in [1.29, 1.82) is 0 Å². The molecule has 0 aliphatic heterocycles. The Morgan fingerprint density at radius 3 is 2.12 bits per heavy atom. The third kappa shape index (κ3) is 7.02. The van der Waals surface area contributed by atoms with Gasteiger partial charge in [-0.25, -0.2) is 13.1 Å². The van der Waals surface area contributed by atoms with Gasteiger partial charge in [-0.2, -0.15) is 0 Å². The van der Waals surface area contributed by atoms with Crippen molar-refractivity contribution in [1.82, 2.24) is 4.72 Å². The van der Waals surface area contributed by atoms with E-state index in [9.17, 15) is 18.0 Å². The fourth-order valence-corrected chi connectivity index (χ4v) is 4.16. The first-order chi connectivity index (χ1) is 15.3. The lowest BCUT2D eigenvalue weighted by Crippen LogP contribution is -2.26. The van der Waals surface area contributed by atoms with Crippen molar-refractivity contribution in [2.24, 2.45) is 0 Å². The van der Waals surface area contributed by atoms with Crippen LogP contribution in [-0.2, 0) is 21.2 Å². The number of hydrogen-bond acceptors (Lipinski definition) is 4. The molecule has 0 fully saturated rings. The number of carbonyl (C=O) groups excluding carboxylic acids is 2. The molecule has 0 aromatic heterocycles. The summed E-state index contributed by atoms with van der Waals surface area (Å²) in [5, 5.41) is 3.21. The molecule has 0 aliphatic rings. The second-order valence-electron chi connectivity index (χ2n) is 7.14. The molecule has 8 heteroatoms. The van der Waals surface area contributed by atoms with Crippen LogP contribution in [0.2, 0.25) is 5.02 Å². The van der Waals surface area contributed by atoms with Crippen LogP contribution in [0.25, 0.3) is 0 Å². The zero-order valence-electron chi connectivity index (χ0n) is 17.3. The third-order valence-corrected chi connectivity index (χ3v) is 6.47. The molecule has 0 saturated carbocycles. The quantitative estimate of drug-likeness (QED) is 0.428. The highest BCUT2D eigenvalue weighted by atomic mass is 35.5. The Kier molecular flexibility index (Phi) is 8.16. The van der Waals surface area contributed by atoms with Crippen LogP contribution >= 0.6 is 11.6 Å². The summed E-state index contributed by atoms with van der Waals surface area (Å²) in [4.78, 5) is 24.4. The molecule has 1 amide bonds. The minimum Gasteiger partial charge on any atom is -0.326 e. The molecular formula is C24H23ClN2O4S. The summed E-state index contributed by atoms with van der Waals surface area (Å²) in [6, 6.07) is 22.0. The smallest absolute Gasteiger partial charge is 0.240 e. The van der Waals surface area contributed by atoms with Crippen molar-refractivity contribution < 1.29 is 18.0 Å². The normalized spacial score (nSPS) is 11.2. The van der Waals surface area contributed by atoms with Crippen LogP contribution in [0.1, 0.15) is 28.8 Å². The average Bonchev–Trinajstić information content (AvgIpc) is 2.79. The standard InChI is InChI=1S/C24H23ClN2O4S/c25-20-8-6-19(7-9-20)23(28)14-15-24(29)27-21-10-12-22(13-11-21)32(30,31)26-17-16-18-4-2-1-3-5-18/h1-13,26H,14-17H2,(H,27,29). The van der Waals surface area contributed by atoms with Crippen molar-refractivity contribution in [2.45, 2.75) is 24.2 Å². The molecule has 0 radical (unpaired) electrons. The first-order valence-electron chi connectivity index (χ1n) is 10.1. The maximum atomic E-state index is 12.4. The summed E-state index contributed by atoms with van der Waals surface area (Å²) in [7, 11) is -3.65. The first-order valence-corrected chi connectivity index (χ1v) is 11.9. The van der Waals surface area contributed by atoms with Gasteiger partial charge in [0.25, 0.3) is 0 Å². The molecule has 6 nitrogen and oxygen atoms in total. The number of anilines is 1. The summed E-state index contributed by atoms with van der Waals surface area (Å²) >= 11 is 5.81. The Hall–Kier alpha value is -3.00. The van der Waals surface area contributed by atoms with Crippen LogP contribution in [0.4, 0.5) is 5.69 Å². The molecule has 0 heterocycles. The van der Waals surface area contributed by atoms with Gasteiger partial charge >= 0.3 is 0 Å². The molecule has 3 rings (SSSR count). The maximum absolute atomic E-state index is 12.4. The summed E-state index contributed by atoms with van der Waals surface area (Å²) in [5.41, 5.74) is 2.00. The minimum atomic E-state index is -3.65. The third-order valence-electron chi connectivity index (χ3n) is 4.74. The van der Waals surface area contributed by atoms with Gasteiger partial charge in [-0.05, 0) is 60.5 Å². The molecule has 3 aromatic carbocycles. The topological polar surface area (TPSA) is 92.3 Å². The van der Waals surface area contributed by atoms with Crippen molar-refractivity contribution >= 4 is 39.0 Å². The van der Waals surface area contributed by atoms with E-state index in [4.69, 9.17) is 11.6 Å². The van der Waals surface area contributed by atoms with E-state index in [1.165, 1.54) is 24.3 Å². The Bertz CT molecular complexity index is 1160. The highest BCUT2D eigenvalue weighted by molar-refractivity contribution is 7.89. The number of benzene rings is 3. The van der Waals surface area contributed by atoms with Gasteiger partial charge in [-0.1, -0.05) is 41.9 Å². The number of rotatable bonds is 10. The van der Waals surface area contributed by atoms with E-state index < -0.39 is 10.0 Å². The van der Waals surface area contributed by atoms with Gasteiger partial charge < -0.3 is 5.32 Å². The van der Waals surface area contributed by atoms with Crippen molar-refractivity contribution in [3.05, 3.63) is 95.0 Å².